The standard InChI is InChI=1S/C26H21FN2O3/c1-2-29-24(30)26(32-25(29)31)16-15-19-20(26)13-14-21(22(19)27)28-23(17-9-5-3-6-10-17)18-11-7-4-8-12-18/h3-14H,2,15-16H2,1H3. The molecule has 6 heteroatoms. The van der Waals surface area contributed by atoms with Crippen molar-refractivity contribution in [3.8, 4) is 0 Å². The average molecular weight is 428 g/mol. The third-order valence-electron chi connectivity index (χ3n) is 6.10. The Balaban J connectivity index is 1.61. The number of fused-ring (bicyclic) bond motifs is 2. The Morgan fingerprint density at radius 1 is 1.00 bits per heavy atom. The zero-order valence-corrected chi connectivity index (χ0v) is 17.5. The van der Waals surface area contributed by atoms with Crippen molar-refractivity contribution in [1.29, 1.82) is 0 Å². The molecular formula is C26H21FN2O3. The number of benzene rings is 3. The molecule has 1 spiro atoms. The number of aliphatic imine (C=N–C) groups is 1. The van der Waals surface area contributed by atoms with Crippen molar-refractivity contribution in [3.05, 3.63) is 101 Å². The summed E-state index contributed by atoms with van der Waals surface area (Å²) in [7, 11) is 0. The number of likely N-dealkylation sites (N-methyl/N-ethyl adjacent to an activating group) is 1. The van der Waals surface area contributed by atoms with E-state index in [1.54, 1.807) is 19.1 Å². The summed E-state index contributed by atoms with van der Waals surface area (Å²) in [5, 5.41) is 0. The fourth-order valence-electron chi connectivity index (χ4n) is 4.51. The Hall–Kier alpha value is -3.80. The Kier molecular flexibility index (Phi) is 4.85. The lowest BCUT2D eigenvalue weighted by atomic mass is 9.94. The highest BCUT2D eigenvalue weighted by Crippen LogP contribution is 2.47. The number of hydrogen-bond donors (Lipinski definition) is 0. The van der Waals surface area contributed by atoms with E-state index in [2.05, 4.69) is 0 Å². The van der Waals surface area contributed by atoms with Crippen LogP contribution in [0.2, 0.25) is 0 Å². The zero-order chi connectivity index (χ0) is 22.3. The fourth-order valence-corrected chi connectivity index (χ4v) is 4.51. The van der Waals surface area contributed by atoms with E-state index in [1.807, 2.05) is 60.7 Å². The number of nitrogens with zero attached hydrogens (tertiary/aromatic N) is 2. The number of carbonyl (C=O) groups excluding carboxylic acids is 2. The lowest BCUT2D eigenvalue weighted by molar-refractivity contribution is -0.137. The first-order valence-electron chi connectivity index (χ1n) is 10.6. The Bertz CT molecular complexity index is 1200. The predicted octanol–water partition coefficient (Wildman–Crippen LogP) is 5.14. The van der Waals surface area contributed by atoms with Crippen LogP contribution in [0, 0.1) is 5.82 Å². The molecule has 1 aliphatic carbocycles. The maximum absolute atomic E-state index is 15.6. The molecule has 1 aliphatic heterocycles. The minimum Gasteiger partial charge on any atom is -0.427 e. The molecule has 0 aromatic heterocycles. The van der Waals surface area contributed by atoms with E-state index in [1.165, 1.54) is 0 Å². The van der Waals surface area contributed by atoms with Crippen molar-refractivity contribution in [2.45, 2.75) is 25.4 Å². The lowest BCUT2D eigenvalue weighted by Gasteiger charge is -2.20. The van der Waals surface area contributed by atoms with Crippen molar-refractivity contribution in [1.82, 2.24) is 4.90 Å². The minimum atomic E-state index is -1.42. The zero-order valence-electron chi connectivity index (χ0n) is 17.5. The minimum absolute atomic E-state index is 0.188. The first-order valence-corrected chi connectivity index (χ1v) is 10.6. The van der Waals surface area contributed by atoms with Crippen LogP contribution in [0.15, 0.2) is 77.8 Å². The van der Waals surface area contributed by atoms with Crippen molar-refractivity contribution >= 4 is 23.4 Å². The van der Waals surface area contributed by atoms with Gasteiger partial charge in [0.1, 0.15) is 0 Å². The highest BCUT2D eigenvalue weighted by molar-refractivity contribution is 6.14. The van der Waals surface area contributed by atoms with Gasteiger partial charge in [0.2, 0.25) is 5.60 Å². The van der Waals surface area contributed by atoms with Crippen LogP contribution in [0.1, 0.15) is 35.6 Å². The molecule has 1 heterocycles. The van der Waals surface area contributed by atoms with E-state index in [0.29, 0.717) is 23.3 Å². The third-order valence-corrected chi connectivity index (χ3v) is 6.10. The first kappa shape index (κ1) is 20.1. The first-order chi connectivity index (χ1) is 15.5. The molecule has 1 fully saturated rings. The van der Waals surface area contributed by atoms with E-state index in [0.717, 1.165) is 16.0 Å². The number of hydrogen-bond acceptors (Lipinski definition) is 4. The predicted molar refractivity (Wildman–Crippen MR) is 118 cm³/mol. The summed E-state index contributed by atoms with van der Waals surface area (Å²) in [5.41, 5.74) is 1.95. The van der Waals surface area contributed by atoms with Gasteiger partial charge in [-0.25, -0.2) is 19.1 Å². The number of rotatable bonds is 4. The Morgan fingerprint density at radius 2 is 1.62 bits per heavy atom. The summed E-state index contributed by atoms with van der Waals surface area (Å²) < 4.78 is 21.1. The van der Waals surface area contributed by atoms with Gasteiger partial charge in [-0.3, -0.25) is 4.79 Å². The molecule has 3 aromatic carbocycles. The summed E-state index contributed by atoms with van der Waals surface area (Å²) >= 11 is 0. The van der Waals surface area contributed by atoms with Gasteiger partial charge in [-0.05, 0) is 25.0 Å². The van der Waals surface area contributed by atoms with Crippen LogP contribution in [0.4, 0.5) is 14.9 Å². The van der Waals surface area contributed by atoms with Crippen LogP contribution in [0.3, 0.4) is 0 Å². The number of ether oxygens (including phenoxy) is 1. The molecule has 1 unspecified atom stereocenters. The normalized spacial score (nSPS) is 19.2. The molecule has 5 rings (SSSR count). The second kappa shape index (κ2) is 7.71. The van der Waals surface area contributed by atoms with Crippen molar-refractivity contribution < 1.29 is 18.7 Å². The number of amides is 2. The lowest BCUT2D eigenvalue weighted by Crippen LogP contribution is -2.37. The van der Waals surface area contributed by atoms with Crippen LogP contribution in [0.25, 0.3) is 0 Å². The van der Waals surface area contributed by atoms with Crippen LogP contribution < -0.4 is 0 Å². The van der Waals surface area contributed by atoms with Gasteiger partial charge in [-0.1, -0.05) is 66.7 Å². The van der Waals surface area contributed by atoms with Gasteiger partial charge in [0, 0.05) is 29.7 Å². The SMILES string of the molecule is CCN1C(=O)OC2(CCc3c2ccc(N=C(c2ccccc2)c2ccccc2)c3F)C1=O. The molecular weight excluding hydrogens is 407 g/mol. The molecule has 0 bridgehead atoms. The second-order valence-corrected chi connectivity index (χ2v) is 7.86. The molecule has 0 saturated carbocycles. The van der Waals surface area contributed by atoms with E-state index >= 15 is 4.39 Å². The van der Waals surface area contributed by atoms with Crippen molar-refractivity contribution in [2.75, 3.05) is 6.54 Å². The summed E-state index contributed by atoms with van der Waals surface area (Å²) in [4.78, 5) is 30.8. The summed E-state index contributed by atoms with van der Waals surface area (Å²) in [6.45, 7) is 1.93. The quantitative estimate of drug-likeness (QED) is 0.541. The molecule has 3 aromatic rings. The van der Waals surface area contributed by atoms with Crippen LogP contribution in [-0.4, -0.2) is 29.2 Å². The number of carbonyl (C=O) groups is 2. The highest BCUT2D eigenvalue weighted by atomic mass is 19.1. The molecule has 5 nitrogen and oxygen atoms in total. The molecule has 1 atom stereocenters. The molecule has 1 saturated heterocycles. The highest BCUT2D eigenvalue weighted by Gasteiger charge is 2.58. The van der Waals surface area contributed by atoms with Crippen molar-refractivity contribution in [3.63, 3.8) is 0 Å². The van der Waals surface area contributed by atoms with E-state index in [4.69, 9.17) is 9.73 Å². The Morgan fingerprint density at radius 3 is 2.19 bits per heavy atom. The van der Waals surface area contributed by atoms with E-state index in [9.17, 15) is 9.59 Å². The largest absolute Gasteiger partial charge is 0.427 e. The monoisotopic (exact) mass is 428 g/mol. The van der Waals surface area contributed by atoms with Gasteiger partial charge in [-0.15, -0.1) is 0 Å². The van der Waals surface area contributed by atoms with Gasteiger partial charge in [0.25, 0.3) is 5.91 Å². The van der Waals surface area contributed by atoms with Crippen LogP contribution in [0.5, 0.6) is 0 Å². The maximum atomic E-state index is 15.6. The maximum Gasteiger partial charge on any atom is 0.418 e. The summed E-state index contributed by atoms with van der Waals surface area (Å²) in [6, 6.07) is 22.4. The topological polar surface area (TPSA) is 59.0 Å². The smallest absolute Gasteiger partial charge is 0.418 e. The molecule has 0 N–H and O–H groups in total. The van der Waals surface area contributed by atoms with E-state index < -0.39 is 23.4 Å². The molecule has 2 amide bonds. The summed E-state index contributed by atoms with van der Waals surface area (Å²) in [6.07, 6.45) is -0.145. The van der Waals surface area contributed by atoms with Gasteiger partial charge in [0.05, 0.1) is 11.4 Å². The molecule has 32 heavy (non-hydrogen) atoms. The van der Waals surface area contributed by atoms with Crippen LogP contribution in [-0.2, 0) is 21.6 Å². The van der Waals surface area contributed by atoms with E-state index in [-0.39, 0.29) is 18.7 Å². The number of imide groups is 1. The molecule has 0 radical (unpaired) electrons. The molecule has 160 valence electrons. The van der Waals surface area contributed by atoms with Gasteiger partial charge in [-0.2, -0.15) is 0 Å². The summed E-state index contributed by atoms with van der Waals surface area (Å²) in [5.74, 6) is -0.906. The van der Waals surface area contributed by atoms with Gasteiger partial charge >= 0.3 is 6.09 Å². The van der Waals surface area contributed by atoms with Crippen molar-refractivity contribution in [2.24, 2.45) is 4.99 Å². The number of halogens is 1. The second-order valence-electron chi connectivity index (χ2n) is 7.86. The van der Waals surface area contributed by atoms with Gasteiger partial charge < -0.3 is 4.74 Å². The van der Waals surface area contributed by atoms with Crippen LogP contribution >= 0.6 is 0 Å². The third kappa shape index (κ3) is 3.02. The Labute approximate surface area is 185 Å². The average Bonchev–Trinajstić information content (AvgIpc) is 3.31. The van der Waals surface area contributed by atoms with Gasteiger partial charge in [0.15, 0.2) is 5.82 Å². The fraction of sp³-hybridized carbons (Fsp3) is 0.192. The molecule has 2 aliphatic rings.